The third kappa shape index (κ3) is 3.24. The van der Waals surface area contributed by atoms with Gasteiger partial charge in [0.1, 0.15) is 0 Å². The first kappa shape index (κ1) is 14.1. The number of anilines is 1. The molecule has 1 aromatic heterocycles. The lowest BCUT2D eigenvalue weighted by atomic mass is 10.0. The SMILES string of the molecule is CC(CNC(=O)c1ccc2c(c1)CCCN2)c1nccs1. The van der Waals surface area contributed by atoms with E-state index in [2.05, 4.69) is 22.5 Å². The number of aromatic nitrogens is 1. The van der Waals surface area contributed by atoms with E-state index in [9.17, 15) is 4.79 Å². The molecule has 1 amide bonds. The molecule has 0 bridgehead atoms. The lowest BCUT2D eigenvalue weighted by Crippen LogP contribution is -2.27. The summed E-state index contributed by atoms with van der Waals surface area (Å²) in [4.78, 5) is 16.5. The van der Waals surface area contributed by atoms with Gasteiger partial charge in [-0.3, -0.25) is 4.79 Å². The number of rotatable bonds is 4. The number of aryl methyl sites for hydroxylation is 1. The van der Waals surface area contributed by atoms with E-state index in [1.807, 2.05) is 23.6 Å². The fourth-order valence-corrected chi connectivity index (χ4v) is 3.23. The number of nitrogens with zero attached hydrogens (tertiary/aromatic N) is 1. The molecule has 1 aromatic carbocycles. The summed E-state index contributed by atoms with van der Waals surface area (Å²) >= 11 is 1.63. The average Bonchev–Trinajstić information content (AvgIpc) is 3.06. The Kier molecular flexibility index (Phi) is 4.20. The van der Waals surface area contributed by atoms with Crippen LogP contribution in [0.2, 0.25) is 0 Å². The molecule has 2 aromatic rings. The third-order valence-corrected chi connectivity index (χ3v) is 4.75. The molecule has 5 heteroatoms. The fraction of sp³-hybridized carbons (Fsp3) is 0.375. The Morgan fingerprint density at radius 2 is 2.43 bits per heavy atom. The smallest absolute Gasteiger partial charge is 0.251 e. The Morgan fingerprint density at radius 3 is 3.24 bits per heavy atom. The van der Waals surface area contributed by atoms with Crippen molar-refractivity contribution < 1.29 is 4.79 Å². The van der Waals surface area contributed by atoms with E-state index in [-0.39, 0.29) is 11.8 Å². The molecule has 1 aliphatic rings. The molecule has 4 nitrogen and oxygen atoms in total. The maximum Gasteiger partial charge on any atom is 0.251 e. The van der Waals surface area contributed by atoms with Crippen LogP contribution in [0.1, 0.15) is 40.2 Å². The first-order chi connectivity index (χ1) is 10.2. The number of fused-ring (bicyclic) bond motifs is 1. The fourth-order valence-electron chi connectivity index (χ4n) is 2.53. The molecule has 0 aliphatic carbocycles. The van der Waals surface area contributed by atoms with Gasteiger partial charge in [0.2, 0.25) is 0 Å². The van der Waals surface area contributed by atoms with Gasteiger partial charge in [-0.15, -0.1) is 11.3 Å². The zero-order chi connectivity index (χ0) is 14.7. The number of hydrogen-bond donors (Lipinski definition) is 2. The van der Waals surface area contributed by atoms with E-state index in [4.69, 9.17) is 0 Å². The minimum Gasteiger partial charge on any atom is -0.385 e. The number of nitrogens with one attached hydrogen (secondary N) is 2. The molecular formula is C16H19N3OS. The van der Waals surface area contributed by atoms with Crippen LogP contribution in [-0.4, -0.2) is 24.0 Å². The third-order valence-electron chi connectivity index (χ3n) is 3.75. The first-order valence-electron chi connectivity index (χ1n) is 7.28. The van der Waals surface area contributed by atoms with Gasteiger partial charge in [-0.05, 0) is 36.6 Å². The Labute approximate surface area is 128 Å². The molecule has 2 heterocycles. The van der Waals surface area contributed by atoms with Crippen molar-refractivity contribution in [3.63, 3.8) is 0 Å². The number of amides is 1. The second kappa shape index (κ2) is 6.26. The number of thiazole rings is 1. The van der Waals surface area contributed by atoms with E-state index < -0.39 is 0 Å². The van der Waals surface area contributed by atoms with Gasteiger partial charge in [0.25, 0.3) is 5.91 Å². The van der Waals surface area contributed by atoms with Crippen molar-refractivity contribution in [2.75, 3.05) is 18.4 Å². The second-order valence-corrected chi connectivity index (χ2v) is 6.31. The van der Waals surface area contributed by atoms with Crippen LogP contribution in [0.4, 0.5) is 5.69 Å². The molecule has 0 radical (unpaired) electrons. The van der Waals surface area contributed by atoms with Crippen LogP contribution in [0.15, 0.2) is 29.8 Å². The molecule has 0 spiro atoms. The van der Waals surface area contributed by atoms with Crippen molar-refractivity contribution in [1.29, 1.82) is 0 Å². The van der Waals surface area contributed by atoms with Crippen molar-refractivity contribution in [1.82, 2.24) is 10.3 Å². The first-order valence-corrected chi connectivity index (χ1v) is 8.16. The summed E-state index contributed by atoms with van der Waals surface area (Å²) < 4.78 is 0. The van der Waals surface area contributed by atoms with Crippen LogP contribution in [0.25, 0.3) is 0 Å². The summed E-state index contributed by atoms with van der Waals surface area (Å²) in [6.45, 7) is 3.71. The summed E-state index contributed by atoms with van der Waals surface area (Å²) in [6, 6.07) is 5.90. The standard InChI is InChI=1S/C16H19N3OS/c1-11(16-18-7-8-21-16)10-19-15(20)13-4-5-14-12(9-13)3-2-6-17-14/h4-5,7-9,11,17H,2-3,6,10H2,1H3,(H,19,20). The number of benzene rings is 1. The topological polar surface area (TPSA) is 54.0 Å². The van der Waals surface area contributed by atoms with Crippen LogP contribution in [0.3, 0.4) is 0 Å². The van der Waals surface area contributed by atoms with Gasteiger partial charge in [0.15, 0.2) is 0 Å². The lowest BCUT2D eigenvalue weighted by Gasteiger charge is -2.18. The summed E-state index contributed by atoms with van der Waals surface area (Å²) in [7, 11) is 0. The Balaban J connectivity index is 1.63. The summed E-state index contributed by atoms with van der Waals surface area (Å²) in [6.07, 6.45) is 3.97. The van der Waals surface area contributed by atoms with Gasteiger partial charge in [0.05, 0.1) is 5.01 Å². The predicted molar refractivity (Wildman–Crippen MR) is 86.1 cm³/mol. The van der Waals surface area contributed by atoms with Crippen LogP contribution < -0.4 is 10.6 Å². The maximum atomic E-state index is 12.3. The predicted octanol–water partition coefficient (Wildman–Crippen LogP) is 3.03. The molecule has 21 heavy (non-hydrogen) atoms. The second-order valence-electron chi connectivity index (χ2n) is 5.38. The van der Waals surface area contributed by atoms with Crippen molar-refractivity contribution >= 4 is 22.9 Å². The Bertz CT molecular complexity index is 624. The summed E-state index contributed by atoms with van der Waals surface area (Å²) in [5, 5.41) is 9.38. The summed E-state index contributed by atoms with van der Waals surface area (Å²) in [5.74, 6) is 0.236. The maximum absolute atomic E-state index is 12.3. The van der Waals surface area contributed by atoms with Gasteiger partial charge >= 0.3 is 0 Å². The van der Waals surface area contributed by atoms with Crippen molar-refractivity contribution in [3.05, 3.63) is 45.9 Å². The highest BCUT2D eigenvalue weighted by Gasteiger charge is 2.14. The van der Waals surface area contributed by atoms with E-state index in [0.29, 0.717) is 6.54 Å². The van der Waals surface area contributed by atoms with E-state index in [1.54, 1.807) is 17.5 Å². The Hall–Kier alpha value is -1.88. The minimum absolute atomic E-state index is 0.00761. The minimum atomic E-state index is -0.00761. The van der Waals surface area contributed by atoms with E-state index in [1.165, 1.54) is 5.56 Å². The quantitative estimate of drug-likeness (QED) is 0.912. The van der Waals surface area contributed by atoms with E-state index >= 15 is 0 Å². The normalized spacial score (nSPS) is 14.9. The number of carbonyl (C=O) groups is 1. The molecule has 0 saturated carbocycles. The zero-order valence-electron chi connectivity index (χ0n) is 12.1. The van der Waals surface area contributed by atoms with Gasteiger partial charge < -0.3 is 10.6 Å². The highest BCUT2D eigenvalue weighted by atomic mass is 32.1. The zero-order valence-corrected chi connectivity index (χ0v) is 12.9. The van der Waals surface area contributed by atoms with Gasteiger partial charge in [0, 0.05) is 41.8 Å². The molecule has 0 saturated heterocycles. The van der Waals surface area contributed by atoms with Crippen LogP contribution in [-0.2, 0) is 6.42 Å². The van der Waals surface area contributed by atoms with Gasteiger partial charge in [-0.25, -0.2) is 4.98 Å². The number of carbonyl (C=O) groups excluding carboxylic acids is 1. The molecule has 110 valence electrons. The van der Waals surface area contributed by atoms with E-state index in [0.717, 1.165) is 35.6 Å². The molecule has 3 rings (SSSR count). The largest absolute Gasteiger partial charge is 0.385 e. The molecule has 1 atom stereocenters. The van der Waals surface area contributed by atoms with Crippen LogP contribution in [0.5, 0.6) is 0 Å². The average molecular weight is 301 g/mol. The summed E-state index contributed by atoms with van der Waals surface area (Å²) in [5.41, 5.74) is 3.14. The van der Waals surface area contributed by atoms with Gasteiger partial charge in [-0.1, -0.05) is 6.92 Å². The number of hydrogen-bond acceptors (Lipinski definition) is 4. The lowest BCUT2D eigenvalue weighted by molar-refractivity contribution is 0.0951. The molecule has 0 fully saturated rings. The highest BCUT2D eigenvalue weighted by molar-refractivity contribution is 7.09. The van der Waals surface area contributed by atoms with Gasteiger partial charge in [-0.2, -0.15) is 0 Å². The molecule has 1 unspecified atom stereocenters. The molecule has 2 N–H and O–H groups in total. The van der Waals surface area contributed by atoms with Crippen LogP contribution >= 0.6 is 11.3 Å². The van der Waals surface area contributed by atoms with Crippen LogP contribution in [0, 0.1) is 0 Å². The highest BCUT2D eigenvalue weighted by Crippen LogP contribution is 2.23. The Morgan fingerprint density at radius 1 is 1.52 bits per heavy atom. The molecule has 1 aliphatic heterocycles. The monoisotopic (exact) mass is 301 g/mol. The molecular weight excluding hydrogens is 282 g/mol. The van der Waals surface area contributed by atoms with Crippen molar-refractivity contribution in [3.8, 4) is 0 Å². The van der Waals surface area contributed by atoms with Crippen molar-refractivity contribution in [2.24, 2.45) is 0 Å². The van der Waals surface area contributed by atoms with Crippen molar-refractivity contribution in [2.45, 2.75) is 25.7 Å².